The zero-order chi connectivity index (χ0) is 24.6. The molecule has 33 heavy (non-hydrogen) atoms. The van der Waals surface area contributed by atoms with Gasteiger partial charge in [0, 0.05) is 6.54 Å². The molecule has 0 bridgehead atoms. The Morgan fingerprint density at radius 3 is 2.39 bits per heavy atom. The number of carbonyl (C=O) groups excluding carboxylic acids is 1. The second kappa shape index (κ2) is 8.99. The van der Waals surface area contributed by atoms with E-state index in [1.165, 1.54) is 0 Å². The molecule has 1 radical (unpaired) electrons. The van der Waals surface area contributed by atoms with E-state index in [2.05, 4.69) is 16.5 Å². The number of nitrogens with one attached hydrogen (secondary N) is 1. The van der Waals surface area contributed by atoms with Crippen molar-refractivity contribution in [2.24, 2.45) is 0 Å². The highest BCUT2D eigenvalue weighted by molar-refractivity contribution is 6.47. The van der Waals surface area contributed by atoms with Crippen molar-refractivity contribution in [3.8, 4) is 11.3 Å². The number of H-pyrrole nitrogens is 1. The molecule has 2 heterocycles. The first-order valence-electron chi connectivity index (χ1n) is 11.2. The number of nitrogens with zero attached hydrogens (tertiary/aromatic N) is 2. The molecule has 177 valence electrons. The van der Waals surface area contributed by atoms with Crippen LogP contribution in [0.4, 0.5) is 4.79 Å². The van der Waals surface area contributed by atoms with Crippen molar-refractivity contribution in [1.29, 1.82) is 0 Å². The van der Waals surface area contributed by atoms with Crippen LogP contribution in [-0.2, 0) is 9.39 Å². The maximum atomic E-state index is 12.7. The first-order chi connectivity index (χ1) is 15.2. The smallest absolute Gasteiger partial charge is 0.411 e. The SMILES string of the molecule is C=C1C[C@@H](c2ncc(-c3ccc([B]OC(C)(C)C(C)(C)O)cc3)[nH]2)N(C(=O)OC(C)(C)C)C1. The number of aliphatic hydroxyl groups is 1. The fourth-order valence-corrected chi connectivity index (χ4v) is 3.31. The monoisotopic (exact) mass is 452 g/mol. The van der Waals surface area contributed by atoms with Gasteiger partial charge in [-0.2, -0.15) is 0 Å². The zero-order valence-electron chi connectivity index (χ0n) is 20.7. The lowest BCUT2D eigenvalue weighted by atomic mass is 9.82. The third kappa shape index (κ3) is 6.06. The Balaban J connectivity index is 1.71. The quantitative estimate of drug-likeness (QED) is 0.509. The van der Waals surface area contributed by atoms with Crippen LogP contribution in [0, 0.1) is 0 Å². The molecule has 0 saturated carbocycles. The summed E-state index contributed by atoms with van der Waals surface area (Å²) in [7, 11) is 1.66. The summed E-state index contributed by atoms with van der Waals surface area (Å²) in [5.41, 5.74) is 1.41. The molecule has 1 atom stereocenters. The number of aromatic nitrogens is 2. The highest BCUT2D eigenvalue weighted by Gasteiger charge is 2.37. The minimum Gasteiger partial charge on any atom is -0.444 e. The van der Waals surface area contributed by atoms with Crippen molar-refractivity contribution in [3.05, 3.63) is 48.4 Å². The van der Waals surface area contributed by atoms with E-state index in [1.807, 2.05) is 58.9 Å². The van der Waals surface area contributed by atoms with Crippen LogP contribution in [0.1, 0.15) is 66.8 Å². The molecule has 1 aliphatic heterocycles. The summed E-state index contributed by atoms with van der Waals surface area (Å²) in [5, 5.41) is 10.2. The summed E-state index contributed by atoms with van der Waals surface area (Å²) >= 11 is 0. The normalized spacial score (nSPS) is 17.4. The zero-order valence-corrected chi connectivity index (χ0v) is 20.7. The lowest BCUT2D eigenvalue weighted by molar-refractivity contribution is -0.0893. The van der Waals surface area contributed by atoms with Crippen molar-refractivity contribution in [2.75, 3.05) is 6.54 Å². The number of benzene rings is 1. The lowest BCUT2D eigenvalue weighted by Crippen LogP contribution is -2.49. The molecule has 1 aromatic carbocycles. The fraction of sp³-hybridized carbons (Fsp3) is 0.520. The number of rotatable bonds is 6. The van der Waals surface area contributed by atoms with Gasteiger partial charge >= 0.3 is 13.6 Å². The molecule has 1 saturated heterocycles. The Morgan fingerprint density at radius 2 is 1.82 bits per heavy atom. The van der Waals surface area contributed by atoms with Crippen LogP contribution in [0.3, 0.4) is 0 Å². The molecule has 3 rings (SSSR count). The second-order valence-electron chi connectivity index (χ2n) is 10.7. The number of likely N-dealkylation sites (tertiary alicyclic amines) is 1. The van der Waals surface area contributed by atoms with E-state index in [0.29, 0.717) is 18.8 Å². The Hall–Kier alpha value is -2.58. The summed E-state index contributed by atoms with van der Waals surface area (Å²) in [6.45, 7) is 17.2. The van der Waals surface area contributed by atoms with E-state index in [-0.39, 0.29) is 12.1 Å². The average molecular weight is 452 g/mol. The van der Waals surface area contributed by atoms with Gasteiger partial charge in [0.1, 0.15) is 11.4 Å². The summed E-state index contributed by atoms with van der Waals surface area (Å²) in [5.74, 6) is 0.709. The molecule has 1 aromatic heterocycles. The summed E-state index contributed by atoms with van der Waals surface area (Å²) in [6.07, 6.45) is 2.06. The largest absolute Gasteiger partial charge is 0.444 e. The van der Waals surface area contributed by atoms with Gasteiger partial charge < -0.3 is 19.5 Å². The number of aromatic amines is 1. The van der Waals surface area contributed by atoms with Crippen molar-refractivity contribution in [3.63, 3.8) is 0 Å². The third-order valence-corrected chi connectivity index (χ3v) is 5.98. The van der Waals surface area contributed by atoms with E-state index >= 15 is 0 Å². The maximum Gasteiger partial charge on any atom is 0.411 e. The summed E-state index contributed by atoms with van der Waals surface area (Å²) in [6, 6.07) is 7.61. The predicted octanol–water partition coefficient (Wildman–Crippen LogP) is 4.13. The van der Waals surface area contributed by atoms with Gasteiger partial charge in [0.15, 0.2) is 0 Å². The molecular formula is C25H35BN3O4. The van der Waals surface area contributed by atoms with E-state index in [9.17, 15) is 9.90 Å². The molecule has 0 aliphatic carbocycles. The molecular weight excluding hydrogens is 417 g/mol. The number of imidazole rings is 1. The first-order valence-corrected chi connectivity index (χ1v) is 11.2. The van der Waals surface area contributed by atoms with Crippen LogP contribution in [-0.4, -0.2) is 56.9 Å². The van der Waals surface area contributed by atoms with E-state index in [1.54, 1.807) is 32.4 Å². The lowest BCUT2D eigenvalue weighted by Gasteiger charge is -2.37. The Kier molecular flexibility index (Phi) is 6.83. The van der Waals surface area contributed by atoms with E-state index in [0.717, 1.165) is 22.3 Å². The molecule has 1 amide bonds. The third-order valence-electron chi connectivity index (χ3n) is 5.98. The Labute approximate surface area is 197 Å². The topological polar surface area (TPSA) is 87.7 Å². The minimum atomic E-state index is -0.978. The minimum absolute atomic E-state index is 0.230. The maximum absolute atomic E-state index is 12.7. The highest BCUT2D eigenvalue weighted by Crippen LogP contribution is 2.35. The number of hydrogen-bond donors (Lipinski definition) is 2. The van der Waals surface area contributed by atoms with Gasteiger partial charge in [0.2, 0.25) is 0 Å². The number of carbonyl (C=O) groups is 1. The number of ether oxygens (including phenoxy) is 1. The highest BCUT2D eigenvalue weighted by atomic mass is 16.6. The van der Waals surface area contributed by atoms with Gasteiger partial charge in [-0.15, -0.1) is 0 Å². The van der Waals surface area contributed by atoms with Crippen LogP contribution >= 0.6 is 0 Å². The van der Waals surface area contributed by atoms with Crippen LogP contribution < -0.4 is 5.46 Å². The van der Waals surface area contributed by atoms with Gasteiger partial charge in [-0.3, -0.25) is 4.90 Å². The van der Waals surface area contributed by atoms with Gasteiger partial charge in [0.25, 0.3) is 0 Å². The molecule has 7 nitrogen and oxygen atoms in total. The van der Waals surface area contributed by atoms with Crippen molar-refractivity contribution >= 4 is 19.0 Å². The molecule has 1 fully saturated rings. The molecule has 8 heteroatoms. The predicted molar refractivity (Wildman–Crippen MR) is 130 cm³/mol. The molecule has 0 spiro atoms. The van der Waals surface area contributed by atoms with Gasteiger partial charge in [-0.25, -0.2) is 9.78 Å². The Bertz CT molecular complexity index is 1000. The summed E-state index contributed by atoms with van der Waals surface area (Å²) < 4.78 is 11.4. The fourth-order valence-electron chi connectivity index (χ4n) is 3.31. The van der Waals surface area contributed by atoms with Crippen LogP contribution in [0.5, 0.6) is 0 Å². The second-order valence-corrected chi connectivity index (χ2v) is 10.7. The van der Waals surface area contributed by atoms with Gasteiger partial charge in [-0.1, -0.05) is 41.9 Å². The van der Waals surface area contributed by atoms with Crippen molar-refractivity contribution < 1.29 is 19.3 Å². The van der Waals surface area contributed by atoms with Crippen LogP contribution in [0.25, 0.3) is 11.3 Å². The Morgan fingerprint density at radius 1 is 1.18 bits per heavy atom. The standard InChI is InChI=1S/C25H35BN3O4/c1-16-13-20(29(15-16)22(30)32-23(2,3)4)21-27-14-19(28-21)17-9-11-18(12-10-17)26-33-25(7,8)24(5,6)31/h9-12,14,20,31H,1,13,15H2,2-8H3,(H,27,28)/t20-/m0/s1. The molecule has 2 N–H and O–H groups in total. The first kappa shape index (κ1) is 25.1. The molecule has 1 aliphatic rings. The van der Waals surface area contributed by atoms with Crippen LogP contribution in [0.2, 0.25) is 0 Å². The molecule has 2 aromatic rings. The van der Waals surface area contributed by atoms with E-state index < -0.39 is 16.8 Å². The van der Waals surface area contributed by atoms with Crippen molar-refractivity contribution in [1.82, 2.24) is 14.9 Å². The van der Waals surface area contributed by atoms with Crippen molar-refractivity contribution in [2.45, 2.75) is 77.7 Å². The molecule has 0 unspecified atom stereocenters. The number of amides is 1. The van der Waals surface area contributed by atoms with Gasteiger partial charge in [0.05, 0.1) is 29.1 Å². The average Bonchev–Trinajstić information content (AvgIpc) is 3.31. The van der Waals surface area contributed by atoms with E-state index in [4.69, 9.17) is 9.39 Å². The van der Waals surface area contributed by atoms with Gasteiger partial charge in [-0.05, 0) is 60.5 Å². The summed E-state index contributed by atoms with van der Waals surface area (Å²) in [4.78, 5) is 22.3. The van der Waals surface area contributed by atoms with Crippen LogP contribution in [0.15, 0.2) is 42.6 Å². The number of hydrogen-bond acceptors (Lipinski definition) is 5.